The van der Waals surface area contributed by atoms with Gasteiger partial charge in [0.2, 0.25) is 0 Å². The molecule has 1 aromatic carbocycles. The van der Waals surface area contributed by atoms with Gasteiger partial charge in [-0.05, 0) is 42.7 Å². The van der Waals surface area contributed by atoms with Gasteiger partial charge in [-0.2, -0.15) is 0 Å². The van der Waals surface area contributed by atoms with E-state index in [0.717, 1.165) is 44.2 Å². The Morgan fingerprint density at radius 1 is 1.32 bits per heavy atom. The van der Waals surface area contributed by atoms with Crippen molar-refractivity contribution in [3.63, 3.8) is 0 Å². The first-order valence-corrected chi connectivity index (χ1v) is 7.85. The van der Waals surface area contributed by atoms with Crippen LogP contribution in [0.3, 0.4) is 0 Å². The predicted octanol–water partition coefficient (Wildman–Crippen LogP) is 3.55. The minimum atomic E-state index is 0.520. The topological polar surface area (TPSA) is 21.3 Å². The van der Waals surface area contributed by atoms with Crippen LogP contribution in [-0.2, 0) is 0 Å². The number of hydrogen-bond acceptors (Lipinski definition) is 2. The van der Waals surface area contributed by atoms with Crippen LogP contribution in [0.1, 0.15) is 37.2 Å². The molecule has 2 nitrogen and oxygen atoms in total. The molecule has 0 amide bonds. The van der Waals surface area contributed by atoms with E-state index in [0.29, 0.717) is 11.3 Å². The highest BCUT2D eigenvalue weighted by molar-refractivity contribution is 6.17. The third kappa shape index (κ3) is 3.06. The maximum atomic E-state index is 5.88. The van der Waals surface area contributed by atoms with Crippen molar-refractivity contribution in [2.24, 2.45) is 5.41 Å². The van der Waals surface area contributed by atoms with E-state index in [1.807, 2.05) is 6.07 Å². The Morgan fingerprint density at radius 3 is 2.95 bits per heavy atom. The van der Waals surface area contributed by atoms with Gasteiger partial charge < -0.3 is 10.1 Å². The van der Waals surface area contributed by atoms with Crippen LogP contribution in [0.15, 0.2) is 24.3 Å². The van der Waals surface area contributed by atoms with Gasteiger partial charge in [0.25, 0.3) is 0 Å². The number of hydrogen-bond donors (Lipinski definition) is 1. The third-order valence-electron chi connectivity index (χ3n) is 4.56. The lowest BCUT2D eigenvalue weighted by atomic mass is 9.93. The Morgan fingerprint density at radius 2 is 2.16 bits per heavy atom. The fourth-order valence-electron chi connectivity index (χ4n) is 3.03. The quantitative estimate of drug-likeness (QED) is 0.804. The second kappa shape index (κ2) is 5.72. The van der Waals surface area contributed by atoms with Crippen molar-refractivity contribution >= 4 is 11.6 Å². The minimum Gasteiger partial charge on any atom is -0.493 e. The van der Waals surface area contributed by atoms with E-state index in [1.165, 1.54) is 18.4 Å². The van der Waals surface area contributed by atoms with Crippen LogP contribution < -0.4 is 10.1 Å². The van der Waals surface area contributed by atoms with E-state index in [9.17, 15) is 0 Å². The van der Waals surface area contributed by atoms with Gasteiger partial charge in [0.15, 0.2) is 0 Å². The van der Waals surface area contributed by atoms with Crippen molar-refractivity contribution in [1.29, 1.82) is 0 Å². The van der Waals surface area contributed by atoms with Gasteiger partial charge in [0.05, 0.1) is 6.61 Å². The van der Waals surface area contributed by atoms with E-state index in [-0.39, 0.29) is 0 Å². The predicted molar refractivity (Wildman–Crippen MR) is 79.2 cm³/mol. The number of ether oxygens (including phenoxy) is 1. The van der Waals surface area contributed by atoms with Crippen molar-refractivity contribution < 1.29 is 4.74 Å². The molecule has 1 aromatic rings. The molecule has 0 bridgehead atoms. The zero-order valence-corrected chi connectivity index (χ0v) is 12.1. The average molecular weight is 280 g/mol. The van der Waals surface area contributed by atoms with Gasteiger partial charge in [-0.25, -0.2) is 0 Å². The molecule has 1 aliphatic carbocycles. The van der Waals surface area contributed by atoms with Crippen molar-refractivity contribution in [1.82, 2.24) is 5.32 Å². The highest BCUT2D eigenvalue weighted by Gasteiger charge is 2.41. The van der Waals surface area contributed by atoms with Crippen LogP contribution in [0.25, 0.3) is 0 Å². The fraction of sp³-hybridized carbons (Fsp3) is 0.625. The zero-order chi connectivity index (χ0) is 13.1. The summed E-state index contributed by atoms with van der Waals surface area (Å²) in [4.78, 5) is 0. The molecule has 2 aliphatic rings. The standard InChI is InChI=1S/C16H22ClNO/c17-9-8-16(6-7-16)12-18-11-13-5-10-19-15-4-2-1-3-14(13)15/h1-4,13,18H,5-12H2. The lowest BCUT2D eigenvalue weighted by Crippen LogP contribution is -2.30. The average Bonchev–Trinajstić information content (AvgIpc) is 3.19. The molecule has 1 N–H and O–H groups in total. The molecule has 1 saturated carbocycles. The number of para-hydroxylation sites is 1. The molecular weight excluding hydrogens is 258 g/mol. The second-order valence-corrected chi connectivity index (χ2v) is 6.32. The first-order chi connectivity index (χ1) is 9.33. The lowest BCUT2D eigenvalue weighted by molar-refractivity contribution is 0.262. The third-order valence-corrected chi connectivity index (χ3v) is 4.74. The molecule has 3 rings (SSSR count). The number of nitrogens with one attached hydrogen (secondary N) is 1. The molecule has 1 unspecified atom stereocenters. The first kappa shape index (κ1) is 13.3. The van der Waals surface area contributed by atoms with E-state index in [4.69, 9.17) is 16.3 Å². The van der Waals surface area contributed by atoms with Gasteiger partial charge in [-0.15, -0.1) is 11.6 Å². The Kier molecular flexibility index (Phi) is 3.99. The summed E-state index contributed by atoms with van der Waals surface area (Å²) in [5.74, 6) is 2.46. The van der Waals surface area contributed by atoms with Gasteiger partial charge in [-0.1, -0.05) is 18.2 Å². The fourth-order valence-corrected chi connectivity index (χ4v) is 3.43. The lowest BCUT2D eigenvalue weighted by Gasteiger charge is -2.27. The summed E-state index contributed by atoms with van der Waals surface area (Å²) in [7, 11) is 0. The molecule has 0 saturated heterocycles. The SMILES string of the molecule is ClCCC1(CNCC2CCOc3ccccc32)CC1. The maximum Gasteiger partial charge on any atom is 0.122 e. The van der Waals surface area contributed by atoms with Crippen molar-refractivity contribution in [3.8, 4) is 5.75 Å². The van der Waals surface area contributed by atoms with Crippen molar-refractivity contribution in [2.45, 2.75) is 31.6 Å². The van der Waals surface area contributed by atoms with Gasteiger partial charge in [-0.3, -0.25) is 0 Å². The molecule has 3 heteroatoms. The summed E-state index contributed by atoms with van der Waals surface area (Å²) >= 11 is 5.88. The van der Waals surface area contributed by atoms with Crippen LogP contribution in [-0.4, -0.2) is 25.6 Å². The Hall–Kier alpha value is -0.730. The molecule has 1 heterocycles. The van der Waals surface area contributed by atoms with Crippen LogP contribution in [0, 0.1) is 5.41 Å². The molecule has 0 spiro atoms. The number of fused-ring (bicyclic) bond motifs is 1. The number of benzene rings is 1. The smallest absolute Gasteiger partial charge is 0.122 e. The summed E-state index contributed by atoms with van der Waals surface area (Å²) in [5.41, 5.74) is 1.88. The molecule has 1 fully saturated rings. The zero-order valence-electron chi connectivity index (χ0n) is 11.3. The largest absolute Gasteiger partial charge is 0.493 e. The van der Waals surface area contributed by atoms with Gasteiger partial charge in [0.1, 0.15) is 5.75 Å². The molecule has 1 atom stereocenters. The van der Waals surface area contributed by atoms with Crippen molar-refractivity contribution in [2.75, 3.05) is 25.6 Å². The second-order valence-electron chi connectivity index (χ2n) is 5.94. The Balaban J connectivity index is 1.54. The Bertz CT molecular complexity index is 431. The van der Waals surface area contributed by atoms with Crippen molar-refractivity contribution in [3.05, 3.63) is 29.8 Å². The highest BCUT2D eigenvalue weighted by Crippen LogP contribution is 2.48. The van der Waals surface area contributed by atoms with Gasteiger partial charge >= 0.3 is 0 Å². The molecule has 104 valence electrons. The van der Waals surface area contributed by atoms with Crippen LogP contribution >= 0.6 is 11.6 Å². The van der Waals surface area contributed by atoms with E-state index in [1.54, 1.807) is 0 Å². The normalized spacial score (nSPS) is 23.5. The molecule has 0 radical (unpaired) electrons. The van der Waals surface area contributed by atoms with Crippen LogP contribution in [0.4, 0.5) is 0 Å². The first-order valence-electron chi connectivity index (χ1n) is 7.31. The summed E-state index contributed by atoms with van der Waals surface area (Å²) in [5, 5.41) is 3.67. The number of halogens is 1. The van der Waals surface area contributed by atoms with E-state index in [2.05, 4.69) is 23.5 Å². The molecule has 1 aliphatic heterocycles. The summed E-state index contributed by atoms with van der Waals surface area (Å²) in [6.45, 7) is 3.03. The van der Waals surface area contributed by atoms with Crippen LogP contribution in [0.5, 0.6) is 5.75 Å². The van der Waals surface area contributed by atoms with Gasteiger partial charge in [0, 0.05) is 24.9 Å². The van der Waals surface area contributed by atoms with E-state index >= 15 is 0 Å². The van der Waals surface area contributed by atoms with E-state index < -0.39 is 0 Å². The summed E-state index contributed by atoms with van der Waals surface area (Å²) < 4.78 is 5.71. The summed E-state index contributed by atoms with van der Waals surface area (Å²) in [6, 6.07) is 8.44. The Labute approximate surface area is 120 Å². The molecular formula is C16H22ClNO. The maximum absolute atomic E-state index is 5.88. The number of alkyl halides is 1. The summed E-state index contributed by atoms with van der Waals surface area (Å²) in [6.07, 6.45) is 4.96. The molecule has 0 aromatic heterocycles. The highest BCUT2D eigenvalue weighted by atomic mass is 35.5. The number of rotatable bonds is 6. The minimum absolute atomic E-state index is 0.520. The monoisotopic (exact) mass is 279 g/mol. The van der Waals surface area contributed by atoms with Crippen LogP contribution in [0.2, 0.25) is 0 Å². The molecule has 19 heavy (non-hydrogen) atoms.